The molecule has 1 aliphatic rings. The van der Waals surface area contributed by atoms with Gasteiger partial charge in [-0.05, 0) is 38.4 Å². The van der Waals surface area contributed by atoms with Crippen molar-refractivity contribution in [2.45, 2.75) is 32.2 Å². The number of carbonyl (C=O) groups excluding carboxylic acids is 1. The van der Waals surface area contributed by atoms with Gasteiger partial charge in [-0.25, -0.2) is 4.98 Å². The molecule has 0 bridgehead atoms. The van der Waals surface area contributed by atoms with Crippen molar-refractivity contribution in [3.63, 3.8) is 0 Å². The summed E-state index contributed by atoms with van der Waals surface area (Å²) in [6.07, 6.45) is 3.10. The summed E-state index contributed by atoms with van der Waals surface area (Å²) in [6.45, 7) is 4.99. The first kappa shape index (κ1) is 16.7. The molecule has 1 N–H and O–H groups in total. The lowest BCUT2D eigenvalue weighted by Crippen LogP contribution is -2.46. The van der Waals surface area contributed by atoms with E-state index in [-0.39, 0.29) is 5.91 Å². The Balaban J connectivity index is 1.82. The molecule has 7 heteroatoms. The molecule has 3 heterocycles. The Morgan fingerprint density at radius 3 is 2.70 bits per heavy atom. The van der Waals surface area contributed by atoms with Crippen LogP contribution in [0.2, 0.25) is 0 Å². The first-order valence-corrected chi connectivity index (χ1v) is 9.82. The monoisotopic (exact) mass is 352 g/mol. The molecule has 126 valence electrons. The fraction of sp³-hybridized carbons (Fsp3) is 0.625. The number of hydrogen-bond donors (Lipinski definition) is 1. The predicted molar refractivity (Wildman–Crippen MR) is 99.0 cm³/mol. The standard InChI is InChI=1S/C16H24N4OS2/c1-4-9-20(11-5-7-17-8-6-11)15(21)13-10-12-14(22-13)18-16(23-12)19(2)3/h10-11,17H,4-9H2,1-3H3. The van der Waals surface area contributed by atoms with Crippen LogP contribution in [0.5, 0.6) is 0 Å². The van der Waals surface area contributed by atoms with Gasteiger partial charge in [0.05, 0.1) is 9.58 Å². The van der Waals surface area contributed by atoms with E-state index in [0.717, 1.165) is 58.4 Å². The molecule has 0 unspecified atom stereocenters. The van der Waals surface area contributed by atoms with Crippen LogP contribution in [0.4, 0.5) is 5.13 Å². The van der Waals surface area contributed by atoms with E-state index in [9.17, 15) is 4.79 Å². The lowest BCUT2D eigenvalue weighted by Gasteiger charge is -2.34. The number of fused-ring (bicyclic) bond motifs is 1. The number of carbonyl (C=O) groups is 1. The molecule has 0 saturated carbocycles. The Bertz CT molecular complexity index is 641. The van der Waals surface area contributed by atoms with E-state index < -0.39 is 0 Å². The van der Waals surface area contributed by atoms with E-state index in [1.54, 1.807) is 11.3 Å². The third kappa shape index (κ3) is 3.51. The van der Waals surface area contributed by atoms with Crippen molar-refractivity contribution in [1.29, 1.82) is 0 Å². The molecule has 0 aromatic carbocycles. The SMILES string of the molecule is CCCN(C(=O)c1cc2sc(N(C)C)nc2s1)C1CCNCC1. The fourth-order valence-electron chi connectivity index (χ4n) is 2.97. The molecule has 1 aliphatic heterocycles. The lowest BCUT2D eigenvalue weighted by atomic mass is 10.0. The van der Waals surface area contributed by atoms with Gasteiger partial charge in [-0.2, -0.15) is 0 Å². The summed E-state index contributed by atoms with van der Waals surface area (Å²) < 4.78 is 1.11. The molecule has 0 spiro atoms. The average Bonchev–Trinajstić information content (AvgIpc) is 3.11. The maximum Gasteiger partial charge on any atom is 0.264 e. The highest BCUT2D eigenvalue weighted by atomic mass is 32.1. The number of piperidine rings is 1. The second-order valence-corrected chi connectivity index (χ2v) is 8.19. The zero-order valence-electron chi connectivity index (χ0n) is 14.0. The first-order valence-electron chi connectivity index (χ1n) is 8.19. The van der Waals surface area contributed by atoms with Crippen LogP contribution in [0.3, 0.4) is 0 Å². The van der Waals surface area contributed by atoms with Gasteiger partial charge in [-0.3, -0.25) is 4.79 Å². The molecular formula is C16H24N4OS2. The molecule has 2 aromatic rings. The van der Waals surface area contributed by atoms with Crippen molar-refractivity contribution in [2.75, 3.05) is 38.6 Å². The second-order valence-electron chi connectivity index (χ2n) is 6.15. The van der Waals surface area contributed by atoms with E-state index in [4.69, 9.17) is 0 Å². The van der Waals surface area contributed by atoms with Crippen LogP contribution < -0.4 is 10.2 Å². The normalized spacial score (nSPS) is 16.0. The quantitative estimate of drug-likeness (QED) is 0.899. The summed E-state index contributed by atoms with van der Waals surface area (Å²) in [7, 11) is 3.99. The molecule has 1 saturated heterocycles. The number of aromatic nitrogens is 1. The van der Waals surface area contributed by atoms with Crippen LogP contribution in [0.1, 0.15) is 35.9 Å². The second kappa shape index (κ2) is 7.15. The van der Waals surface area contributed by atoms with Gasteiger partial charge >= 0.3 is 0 Å². The number of rotatable bonds is 5. The molecule has 1 amide bonds. The smallest absolute Gasteiger partial charge is 0.264 e. The summed E-state index contributed by atoms with van der Waals surface area (Å²) in [6, 6.07) is 2.39. The third-order valence-electron chi connectivity index (χ3n) is 4.15. The fourth-order valence-corrected chi connectivity index (χ4v) is 5.06. The molecule has 0 aliphatic carbocycles. The van der Waals surface area contributed by atoms with Gasteiger partial charge in [0.15, 0.2) is 5.13 Å². The van der Waals surface area contributed by atoms with E-state index in [2.05, 4.69) is 22.1 Å². The molecule has 23 heavy (non-hydrogen) atoms. The van der Waals surface area contributed by atoms with Crippen molar-refractivity contribution < 1.29 is 4.79 Å². The van der Waals surface area contributed by atoms with Crippen LogP contribution in [0, 0.1) is 0 Å². The Morgan fingerprint density at radius 1 is 1.35 bits per heavy atom. The Hall–Kier alpha value is -1.18. The Kier molecular flexibility index (Phi) is 5.18. The van der Waals surface area contributed by atoms with Gasteiger partial charge in [-0.1, -0.05) is 18.3 Å². The highest BCUT2D eigenvalue weighted by Gasteiger charge is 2.27. The van der Waals surface area contributed by atoms with E-state index >= 15 is 0 Å². The number of amides is 1. The minimum Gasteiger partial charge on any atom is -0.354 e. The Morgan fingerprint density at radius 2 is 2.09 bits per heavy atom. The van der Waals surface area contributed by atoms with Crippen LogP contribution in [0.15, 0.2) is 6.07 Å². The highest BCUT2D eigenvalue weighted by molar-refractivity contribution is 7.29. The van der Waals surface area contributed by atoms with E-state index in [0.29, 0.717) is 6.04 Å². The van der Waals surface area contributed by atoms with Gasteiger partial charge in [0.25, 0.3) is 5.91 Å². The van der Waals surface area contributed by atoms with Gasteiger partial charge in [-0.15, -0.1) is 11.3 Å². The summed E-state index contributed by atoms with van der Waals surface area (Å²) in [4.78, 5) is 23.5. The molecule has 0 radical (unpaired) electrons. The summed E-state index contributed by atoms with van der Waals surface area (Å²) >= 11 is 3.18. The molecule has 0 atom stereocenters. The number of nitrogens with one attached hydrogen (secondary N) is 1. The van der Waals surface area contributed by atoms with Gasteiger partial charge in [0.1, 0.15) is 4.83 Å². The summed E-state index contributed by atoms with van der Waals surface area (Å²) in [5, 5.41) is 4.37. The van der Waals surface area contributed by atoms with Crippen molar-refractivity contribution >= 4 is 43.2 Å². The van der Waals surface area contributed by atoms with Crippen LogP contribution >= 0.6 is 22.7 Å². The van der Waals surface area contributed by atoms with Crippen LogP contribution in [0.25, 0.3) is 9.53 Å². The number of anilines is 1. The molecule has 1 fully saturated rings. The van der Waals surface area contributed by atoms with Crippen molar-refractivity contribution in [2.24, 2.45) is 0 Å². The topological polar surface area (TPSA) is 48.5 Å². The zero-order chi connectivity index (χ0) is 16.4. The van der Waals surface area contributed by atoms with E-state index in [1.165, 1.54) is 11.3 Å². The van der Waals surface area contributed by atoms with E-state index in [1.807, 2.05) is 25.1 Å². The molecule has 3 rings (SSSR count). The maximum absolute atomic E-state index is 13.0. The lowest BCUT2D eigenvalue weighted by molar-refractivity contribution is 0.0648. The van der Waals surface area contributed by atoms with Crippen LogP contribution in [-0.4, -0.2) is 55.6 Å². The highest BCUT2D eigenvalue weighted by Crippen LogP contribution is 2.34. The van der Waals surface area contributed by atoms with Crippen LogP contribution in [-0.2, 0) is 0 Å². The van der Waals surface area contributed by atoms with Gasteiger partial charge < -0.3 is 15.1 Å². The summed E-state index contributed by atoms with van der Waals surface area (Å²) in [5.41, 5.74) is 0. The number of nitrogens with zero attached hydrogens (tertiary/aromatic N) is 3. The summed E-state index contributed by atoms with van der Waals surface area (Å²) in [5.74, 6) is 0.181. The number of hydrogen-bond acceptors (Lipinski definition) is 6. The third-order valence-corrected chi connectivity index (χ3v) is 6.46. The maximum atomic E-state index is 13.0. The first-order chi connectivity index (χ1) is 11.1. The number of thiophene rings is 1. The molecule has 5 nitrogen and oxygen atoms in total. The van der Waals surface area contributed by atoms with Crippen molar-refractivity contribution in [3.05, 3.63) is 10.9 Å². The average molecular weight is 353 g/mol. The Labute approximate surface area is 145 Å². The largest absolute Gasteiger partial charge is 0.354 e. The minimum atomic E-state index is 0.181. The predicted octanol–water partition coefficient (Wildman–Crippen LogP) is 3.03. The van der Waals surface area contributed by atoms with Crippen molar-refractivity contribution in [1.82, 2.24) is 15.2 Å². The molecular weight excluding hydrogens is 328 g/mol. The van der Waals surface area contributed by atoms with Crippen molar-refractivity contribution in [3.8, 4) is 0 Å². The van der Waals surface area contributed by atoms with Gasteiger partial charge in [0, 0.05) is 26.7 Å². The minimum absolute atomic E-state index is 0.181. The zero-order valence-corrected chi connectivity index (χ0v) is 15.6. The van der Waals surface area contributed by atoms with Gasteiger partial charge in [0.2, 0.25) is 0 Å². The number of thiazole rings is 1. The molecule has 2 aromatic heterocycles.